The fourth-order valence-corrected chi connectivity index (χ4v) is 2.79. The molecule has 0 heterocycles. The lowest BCUT2D eigenvalue weighted by atomic mass is 9.94. The van der Waals surface area contributed by atoms with Gasteiger partial charge in [0, 0.05) is 4.47 Å². The standard InChI is InChI=1S/C17H21BrN2O/c1-11-9-17(21-3)12(2)8-15(11)16(20-19)10-13-4-6-14(18)7-5-13/h4-9,16,20H,10,19H2,1-3H3. The van der Waals surface area contributed by atoms with Crippen molar-refractivity contribution in [3.05, 3.63) is 63.1 Å². The smallest absolute Gasteiger partial charge is 0.122 e. The topological polar surface area (TPSA) is 47.3 Å². The van der Waals surface area contributed by atoms with E-state index < -0.39 is 0 Å². The van der Waals surface area contributed by atoms with E-state index in [-0.39, 0.29) is 6.04 Å². The molecule has 0 aromatic heterocycles. The second kappa shape index (κ2) is 7.07. The Balaban J connectivity index is 2.29. The lowest BCUT2D eigenvalue weighted by Gasteiger charge is -2.20. The first kappa shape index (κ1) is 16.0. The van der Waals surface area contributed by atoms with Crippen LogP contribution >= 0.6 is 15.9 Å². The summed E-state index contributed by atoms with van der Waals surface area (Å²) in [6.07, 6.45) is 0.844. The third kappa shape index (κ3) is 3.84. The maximum atomic E-state index is 5.78. The van der Waals surface area contributed by atoms with Gasteiger partial charge in [-0.25, -0.2) is 0 Å². The highest BCUT2D eigenvalue weighted by Gasteiger charge is 2.15. The molecule has 21 heavy (non-hydrogen) atoms. The van der Waals surface area contributed by atoms with Gasteiger partial charge in [0.15, 0.2) is 0 Å². The first-order chi connectivity index (χ1) is 10.0. The number of aryl methyl sites for hydroxylation is 2. The van der Waals surface area contributed by atoms with Gasteiger partial charge in [-0.1, -0.05) is 34.1 Å². The largest absolute Gasteiger partial charge is 0.496 e. The summed E-state index contributed by atoms with van der Waals surface area (Å²) in [6.45, 7) is 4.14. The average Bonchev–Trinajstić information content (AvgIpc) is 2.49. The van der Waals surface area contributed by atoms with E-state index in [2.05, 4.69) is 71.6 Å². The first-order valence-electron chi connectivity index (χ1n) is 6.91. The Bertz CT molecular complexity index is 611. The number of nitrogens with one attached hydrogen (secondary N) is 1. The summed E-state index contributed by atoms with van der Waals surface area (Å²) >= 11 is 3.46. The number of hydrogen-bond acceptors (Lipinski definition) is 3. The van der Waals surface area contributed by atoms with Gasteiger partial charge in [-0.2, -0.15) is 0 Å². The molecular formula is C17H21BrN2O. The van der Waals surface area contributed by atoms with Crippen LogP contribution in [0.3, 0.4) is 0 Å². The lowest BCUT2D eigenvalue weighted by Crippen LogP contribution is -2.30. The number of nitrogens with two attached hydrogens (primary N) is 1. The minimum absolute atomic E-state index is 0.0794. The van der Waals surface area contributed by atoms with Crippen LogP contribution in [0.5, 0.6) is 5.75 Å². The molecular weight excluding hydrogens is 328 g/mol. The van der Waals surface area contributed by atoms with E-state index in [1.807, 2.05) is 0 Å². The van der Waals surface area contributed by atoms with Crippen molar-refractivity contribution in [2.45, 2.75) is 26.3 Å². The fourth-order valence-electron chi connectivity index (χ4n) is 2.52. The molecule has 112 valence electrons. The van der Waals surface area contributed by atoms with Gasteiger partial charge in [-0.3, -0.25) is 11.3 Å². The predicted octanol–water partition coefficient (Wildman–Crippen LogP) is 3.82. The zero-order valence-electron chi connectivity index (χ0n) is 12.6. The van der Waals surface area contributed by atoms with Crippen LogP contribution in [0.4, 0.5) is 0 Å². The summed E-state index contributed by atoms with van der Waals surface area (Å²) in [4.78, 5) is 0. The number of hydrogen-bond donors (Lipinski definition) is 2. The van der Waals surface area contributed by atoms with Crippen LogP contribution < -0.4 is 16.0 Å². The fraction of sp³-hybridized carbons (Fsp3) is 0.294. The SMILES string of the molecule is COc1cc(C)c(C(Cc2ccc(Br)cc2)NN)cc1C. The van der Waals surface area contributed by atoms with E-state index >= 15 is 0 Å². The molecule has 0 amide bonds. The van der Waals surface area contributed by atoms with Gasteiger partial charge in [0.05, 0.1) is 13.2 Å². The maximum absolute atomic E-state index is 5.78. The molecule has 2 aromatic rings. The highest BCUT2D eigenvalue weighted by atomic mass is 79.9. The number of rotatable bonds is 5. The molecule has 0 aliphatic carbocycles. The van der Waals surface area contributed by atoms with Crippen LogP contribution in [0.1, 0.15) is 28.3 Å². The average molecular weight is 349 g/mol. The summed E-state index contributed by atoms with van der Waals surface area (Å²) in [5.74, 6) is 6.69. The minimum Gasteiger partial charge on any atom is -0.496 e. The summed E-state index contributed by atoms with van der Waals surface area (Å²) in [5, 5.41) is 0. The third-order valence-corrected chi connectivity index (χ3v) is 4.24. The first-order valence-corrected chi connectivity index (χ1v) is 7.70. The molecule has 3 N–H and O–H groups in total. The van der Waals surface area contributed by atoms with Crippen LogP contribution in [0, 0.1) is 13.8 Å². The highest BCUT2D eigenvalue weighted by molar-refractivity contribution is 9.10. The molecule has 4 heteroatoms. The predicted molar refractivity (Wildman–Crippen MR) is 90.4 cm³/mol. The molecule has 0 spiro atoms. The van der Waals surface area contributed by atoms with Crippen molar-refractivity contribution < 1.29 is 4.74 Å². The number of benzene rings is 2. The maximum Gasteiger partial charge on any atom is 0.122 e. The Morgan fingerprint density at radius 1 is 1.14 bits per heavy atom. The molecule has 1 atom stereocenters. The van der Waals surface area contributed by atoms with Crippen molar-refractivity contribution in [2.75, 3.05) is 7.11 Å². The molecule has 2 aromatic carbocycles. The summed E-state index contributed by atoms with van der Waals surface area (Å²) in [7, 11) is 1.70. The second-order valence-corrected chi connectivity index (χ2v) is 6.14. The zero-order valence-corrected chi connectivity index (χ0v) is 14.2. The highest BCUT2D eigenvalue weighted by Crippen LogP contribution is 2.28. The van der Waals surface area contributed by atoms with Crippen molar-refractivity contribution in [2.24, 2.45) is 5.84 Å². The van der Waals surface area contributed by atoms with Crippen molar-refractivity contribution in [3.8, 4) is 5.75 Å². The Morgan fingerprint density at radius 3 is 2.38 bits per heavy atom. The molecule has 0 aliphatic heterocycles. The normalized spacial score (nSPS) is 12.2. The Morgan fingerprint density at radius 2 is 1.81 bits per heavy atom. The summed E-state index contributed by atoms with van der Waals surface area (Å²) < 4.78 is 6.45. The van der Waals surface area contributed by atoms with E-state index in [0.717, 1.165) is 22.2 Å². The lowest BCUT2D eigenvalue weighted by molar-refractivity contribution is 0.410. The number of halogens is 1. The van der Waals surface area contributed by atoms with Gasteiger partial charge in [0.25, 0.3) is 0 Å². The van der Waals surface area contributed by atoms with E-state index in [9.17, 15) is 0 Å². The van der Waals surface area contributed by atoms with Gasteiger partial charge in [-0.15, -0.1) is 0 Å². The van der Waals surface area contributed by atoms with Crippen molar-refractivity contribution in [1.29, 1.82) is 0 Å². The van der Waals surface area contributed by atoms with Crippen LogP contribution in [0.2, 0.25) is 0 Å². The van der Waals surface area contributed by atoms with E-state index in [0.29, 0.717) is 0 Å². The number of hydrazine groups is 1. The van der Waals surface area contributed by atoms with E-state index in [4.69, 9.17) is 10.6 Å². The Kier molecular flexibility index (Phi) is 5.39. The van der Waals surface area contributed by atoms with E-state index in [1.165, 1.54) is 16.7 Å². The van der Waals surface area contributed by atoms with Crippen LogP contribution in [-0.2, 0) is 6.42 Å². The van der Waals surface area contributed by atoms with Gasteiger partial charge < -0.3 is 4.74 Å². The second-order valence-electron chi connectivity index (χ2n) is 5.23. The summed E-state index contributed by atoms with van der Waals surface area (Å²) in [5.41, 5.74) is 7.68. The molecule has 1 unspecified atom stereocenters. The zero-order chi connectivity index (χ0) is 15.4. The Labute approximate surface area is 134 Å². The molecule has 3 nitrogen and oxygen atoms in total. The molecule has 0 saturated heterocycles. The number of methoxy groups -OCH3 is 1. The number of ether oxygens (including phenoxy) is 1. The van der Waals surface area contributed by atoms with Crippen molar-refractivity contribution in [3.63, 3.8) is 0 Å². The molecule has 0 radical (unpaired) electrons. The third-order valence-electron chi connectivity index (χ3n) is 3.71. The monoisotopic (exact) mass is 348 g/mol. The van der Waals surface area contributed by atoms with Crippen molar-refractivity contribution in [1.82, 2.24) is 5.43 Å². The van der Waals surface area contributed by atoms with Crippen LogP contribution in [0.15, 0.2) is 40.9 Å². The summed E-state index contributed by atoms with van der Waals surface area (Å²) in [6, 6.07) is 12.6. The molecule has 2 rings (SSSR count). The Hall–Kier alpha value is -1.36. The van der Waals surface area contributed by atoms with Gasteiger partial charge in [0.2, 0.25) is 0 Å². The van der Waals surface area contributed by atoms with Gasteiger partial charge in [-0.05, 0) is 60.7 Å². The molecule has 0 aliphatic rings. The molecule has 0 saturated carbocycles. The molecule has 0 fully saturated rings. The van der Waals surface area contributed by atoms with Crippen LogP contribution in [0.25, 0.3) is 0 Å². The minimum atomic E-state index is 0.0794. The quantitative estimate of drug-likeness (QED) is 0.637. The van der Waals surface area contributed by atoms with Gasteiger partial charge in [0.1, 0.15) is 5.75 Å². The van der Waals surface area contributed by atoms with E-state index in [1.54, 1.807) is 7.11 Å². The van der Waals surface area contributed by atoms with Crippen molar-refractivity contribution >= 4 is 15.9 Å². The van der Waals surface area contributed by atoms with Gasteiger partial charge >= 0.3 is 0 Å². The van der Waals surface area contributed by atoms with Crippen LogP contribution in [-0.4, -0.2) is 7.11 Å². The molecule has 0 bridgehead atoms.